The van der Waals surface area contributed by atoms with Gasteiger partial charge in [-0.1, -0.05) is 0 Å². The molecule has 120 valence electrons. The van der Waals surface area contributed by atoms with Crippen LogP contribution in [-0.2, 0) is 19.6 Å². The molecule has 5 nitrogen and oxygen atoms in total. The highest BCUT2D eigenvalue weighted by Crippen LogP contribution is 2.51. The molecule has 3 fully saturated rings. The lowest BCUT2D eigenvalue weighted by molar-refractivity contribution is -0.197. The Bertz CT molecular complexity index is 570. The first-order valence-corrected chi connectivity index (χ1v) is 8.32. The van der Waals surface area contributed by atoms with Crippen LogP contribution < -0.4 is 4.72 Å². The maximum Gasteiger partial charge on any atom is 0.395 e. The van der Waals surface area contributed by atoms with Gasteiger partial charge >= 0.3 is 6.18 Å². The van der Waals surface area contributed by atoms with Gasteiger partial charge in [0.1, 0.15) is 0 Å². The van der Waals surface area contributed by atoms with Gasteiger partial charge < -0.3 is 4.74 Å². The van der Waals surface area contributed by atoms with E-state index in [1.165, 1.54) is 6.92 Å². The van der Waals surface area contributed by atoms with Crippen molar-refractivity contribution in [1.29, 1.82) is 0 Å². The summed E-state index contributed by atoms with van der Waals surface area (Å²) in [5.74, 6) is -4.48. The number of halogens is 3. The fraction of sp³-hybridized carbons (Fsp3) is 0.917. The number of rotatable bonds is 3. The van der Waals surface area contributed by atoms with Crippen molar-refractivity contribution in [3.05, 3.63) is 0 Å². The van der Waals surface area contributed by atoms with Crippen LogP contribution in [0.15, 0.2) is 0 Å². The van der Waals surface area contributed by atoms with Crippen LogP contribution in [0.5, 0.6) is 0 Å². The molecule has 1 aliphatic carbocycles. The standard InChI is InChI=1S/C12H16F3NO4S/c1-11(4-5-11)21(18,19)16-10(17)8-6-2-3-7(20-6)9(8)12(13,14)15/h6-9H,2-5H2,1H3,(H,16,17). The molecule has 0 aromatic carbocycles. The Kier molecular flexibility index (Phi) is 3.12. The first-order chi connectivity index (χ1) is 9.55. The Hall–Kier alpha value is -0.830. The molecule has 9 heteroatoms. The number of nitrogens with one attached hydrogen (secondary N) is 1. The fourth-order valence-electron chi connectivity index (χ4n) is 3.19. The summed E-state index contributed by atoms with van der Waals surface area (Å²) in [5.41, 5.74) is 0. The molecule has 0 aromatic rings. The number of carbonyl (C=O) groups excluding carboxylic acids is 1. The highest BCUT2D eigenvalue weighted by Gasteiger charge is 2.63. The first-order valence-electron chi connectivity index (χ1n) is 6.84. The van der Waals surface area contributed by atoms with Gasteiger partial charge in [0.15, 0.2) is 0 Å². The molecular weight excluding hydrogens is 311 g/mol. The number of hydrogen-bond donors (Lipinski definition) is 1. The second kappa shape index (κ2) is 4.34. The van der Waals surface area contributed by atoms with Gasteiger partial charge in [0.05, 0.1) is 28.8 Å². The molecule has 21 heavy (non-hydrogen) atoms. The largest absolute Gasteiger partial charge is 0.395 e. The van der Waals surface area contributed by atoms with E-state index in [0.717, 1.165) is 0 Å². The lowest BCUT2D eigenvalue weighted by Gasteiger charge is -2.29. The zero-order valence-corrected chi connectivity index (χ0v) is 12.1. The zero-order chi connectivity index (χ0) is 15.6. The maximum atomic E-state index is 13.1. The second-order valence-corrected chi connectivity index (χ2v) is 8.50. The fourth-order valence-corrected chi connectivity index (χ4v) is 4.48. The molecule has 0 aromatic heterocycles. The van der Waals surface area contributed by atoms with Gasteiger partial charge in [-0.2, -0.15) is 13.2 Å². The van der Waals surface area contributed by atoms with E-state index in [-0.39, 0.29) is 6.42 Å². The SMILES string of the molecule is CC1(S(=O)(=O)NC(=O)C2C3CCC(O3)C2C(F)(F)F)CC1. The minimum atomic E-state index is -4.57. The minimum Gasteiger partial charge on any atom is -0.373 e. The number of amides is 1. The Morgan fingerprint density at radius 1 is 1.24 bits per heavy atom. The van der Waals surface area contributed by atoms with E-state index in [9.17, 15) is 26.4 Å². The first kappa shape index (κ1) is 15.1. The third-order valence-electron chi connectivity index (χ3n) is 4.79. The summed E-state index contributed by atoms with van der Waals surface area (Å²) in [5, 5.41) is 0. The molecule has 1 N–H and O–H groups in total. The summed E-state index contributed by atoms with van der Waals surface area (Å²) in [6.45, 7) is 1.47. The van der Waals surface area contributed by atoms with Crippen LogP contribution >= 0.6 is 0 Å². The van der Waals surface area contributed by atoms with E-state index < -0.39 is 50.9 Å². The Morgan fingerprint density at radius 2 is 1.81 bits per heavy atom. The molecule has 2 bridgehead atoms. The van der Waals surface area contributed by atoms with Crippen molar-refractivity contribution in [2.75, 3.05) is 0 Å². The van der Waals surface area contributed by atoms with Gasteiger partial charge in [0.25, 0.3) is 0 Å². The predicted octanol–water partition coefficient (Wildman–Crippen LogP) is 1.34. The van der Waals surface area contributed by atoms with Crippen molar-refractivity contribution < 1.29 is 31.1 Å². The smallest absolute Gasteiger partial charge is 0.373 e. The molecule has 3 rings (SSSR count). The molecule has 1 amide bonds. The van der Waals surface area contributed by atoms with Gasteiger partial charge in [-0.05, 0) is 32.6 Å². The summed E-state index contributed by atoms with van der Waals surface area (Å²) < 4.78 is 69.3. The van der Waals surface area contributed by atoms with Crippen molar-refractivity contribution in [2.24, 2.45) is 11.8 Å². The van der Waals surface area contributed by atoms with Gasteiger partial charge in [0, 0.05) is 0 Å². The van der Waals surface area contributed by atoms with Crippen LogP contribution in [0.25, 0.3) is 0 Å². The highest BCUT2D eigenvalue weighted by molar-refractivity contribution is 7.91. The van der Waals surface area contributed by atoms with E-state index in [0.29, 0.717) is 19.3 Å². The number of ether oxygens (including phenoxy) is 1. The van der Waals surface area contributed by atoms with Crippen LogP contribution in [0.4, 0.5) is 13.2 Å². The van der Waals surface area contributed by atoms with E-state index in [1.807, 2.05) is 4.72 Å². The van der Waals surface area contributed by atoms with Crippen molar-refractivity contribution >= 4 is 15.9 Å². The molecule has 4 atom stereocenters. The van der Waals surface area contributed by atoms with Crippen LogP contribution in [0.3, 0.4) is 0 Å². The third-order valence-corrected chi connectivity index (χ3v) is 6.97. The number of carbonyl (C=O) groups is 1. The summed E-state index contributed by atoms with van der Waals surface area (Å²) in [6.07, 6.45) is -5.03. The van der Waals surface area contributed by atoms with Crippen molar-refractivity contribution in [3.8, 4) is 0 Å². The van der Waals surface area contributed by atoms with Gasteiger partial charge in [0.2, 0.25) is 15.9 Å². The van der Waals surface area contributed by atoms with Crippen LogP contribution in [0, 0.1) is 11.8 Å². The molecule has 2 saturated heterocycles. The molecule has 4 unspecified atom stereocenters. The molecule has 3 aliphatic rings. The van der Waals surface area contributed by atoms with Gasteiger partial charge in [-0.25, -0.2) is 8.42 Å². The van der Waals surface area contributed by atoms with Crippen molar-refractivity contribution in [2.45, 2.75) is 55.7 Å². The highest BCUT2D eigenvalue weighted by atomic mass is 32.2. The quantitative estimate of drug-likeness (QED) is 0.849. The summed E-state index contributed by atoms with van der Waals surface area (Å²) >= 11 is 0. The predicted molar refractivity (Wildman–Crippen MR) is 65.6 cm³/mol. The minimum absolute atomic E-state index is 0.253. The van der Waals surface area contributed by atoms with Crippen LogP contribution in [0.2, 0.25) is 0 Å². The Morgan fingerprint density at radius 3 is 2.33 bits per heavy atom. The van der Waals surface area contributed by atoms with E-state index in [2.05, 4.69) is 0 Å². The van der Waals surface area contributed by atoms with Crippen LogP contribution in [0.1, 0.15) is 32.6 Å². The summed E-state index contributed by atoms with van der Waals surface area (Å²) in [6, 6.07) is 0. The Labute approximate surface area is 120 Å². The topological polar surface area (TPSA) is 72.5 Å². The number of fused-ring (bicyclic) bond motifs is 2. The molecular formula is C12H16F3NO4S. The monoisotopic (exact) mass is 327 g/mol. The average Bonchev–Trinajstić information content (AvgIpc) is 2.84. The number of alkyl halides is 3. The van der Waals surface area contributed by atoms with E-state index >= 15 is 0 Å². The number of sulfonamides is 1. The van der Waals surface area contributed by atoms with Crippen LogP contribution in [-0.4, -0.2) is 37.5 Å². The van der Waals surface area contributed by atoms with Crippen molar-refractivity contribution in [1.82, 2.24) is 4.72 Å². The molecule has 0 spiro atoms. The van der Waals surface area contributed by atoms with Crippen molar-refractivity contribution in [3.63, 3.8) is 0 Å². The lowest BCUT2D eigenvalue weighted by Crippen LogP contribution is -2.49. The molecule has 2 heterocycles. The van der Waals surface area contributed by atoms with E-state index in [4.69, 9.17) is 4.74 Å². The molecule has 1 saturated carbocycles. The summed E-state index contributed by atoms with van der Waals surface area (Å²) in [7, 11) is -3.93. The number of hydrogen-bond acceptors (Lipinski definition) is 4. The van der Waals surface area contributed by atoms with E-state index in [1.54, 1.807) is 0 Å². The second-order valence-electron chi connectivity index (χ2n) is 6.30. The Balaban J connectivity index is 1.80. The van der Waals surface area contributed by atoms with Gasteiger partial charge in [-0.3, -0.25) is 9.52 Å². The molecule has 2 aliphatic heterocycles. The lowest BCUT2D eigenvalue weighted by atomic mass is 9.78. The zero-order valence-electron chi connectivity index (χ0n) is 11.3. The average molecular weight is 327 g/mol. The molecule has 0 radical (unpaired) electrons. The normalized spacial score (nSPS) is 37.5. The van der Waals surface area contributed by atoms with Gasteiger partial charge in [-0.15, -0.1) is 0 Å². The summed E-state index contributed by atoms with van der Waals surface area (Å²) in [4.78, 5) is 12.1. The third kappa shape index (κ3) is 2.34. The maximum absolute atomic E-state index is 13.1.